The average Bonchev–Trinajstić information content (AvgIpc) is 2.27. The molecule has 0 spiro atoms. The minimum absolute atomic E-state index is 0.162. The number of hydrogen-bond acceptors (Lipinski definition) is 4. The minimum atomic E-state index is -0.446. The Morgan fingerprint density at radius 2 is 2.00 bits per heavy atom. The van der Waals surface area contributed by atoms with Gasteiger partial charge in [-0.25, -0.2) is 0 Å². The topological polar surface area (TPSA) is 62.5 Å². The predicted octanol–water partition coefficient (Wildman–Crippen LogP) is 3.51. The van der Waals surface area contributed by atoms with E-state index < -0.39 is 5.60 Å². The van der Waals surface area contributed by atoms with Crippen molar-refractivity contribution in [3.8, 4) is 6.07 Å². The van der Waals surface area contributed by atoms with Crippen molar-refractivity contribution in [3.05, 3.63) is 0 Å². The van der Waals surface area contributed by atoms with Crippen LogP contribution in [0.15, 0.2) is 4.99 Å². The molecule has 0 aliphatic heterocycles. The first-order chi connectivity index (χ1) is 8.82. The smallest absolute Gasteiger partial charge is 0.306 e. The van der Waals surface area contributed by atoms with E-state index in [1.165, 1.54) is 0 Å². The van der Waals surface area contributed by atoms with Gasteiger partial charge in [-0.1, -0.05) is 20.3 Å². The minimum Gasteiger partial charge on any atom is -0.460 e. The lowest BCUT2D eigenvalue weighted by Gasteiger charge is -2.21. The molecule has 0 aromatic heterocycles. The van der Waals surface area contributed by atoms with Gasteiger partial charge in [0.1, 0.15) is 17.4 Å². The molecule has 0 radical (unpaired) electrons. The molecule has 1 atom stereocenters. The average molecular weight is 266 g/mol. The summed E-state index contributed by atoms with van der Waals surface area (Å²) in [5, 5.41) is 8.83. The highest BCUT2D eigenvalue weighted by molar-refractivity contribution is 5.98. The molecule has 108 valence electrons. The first-order valence-corrected chi connectivity index (χ1v) is 6.97. The molecule has 0 aromatic carbocycles. The van der Waals surface area contributed by atoms with Gasteiger partial charge in [0.05, 0.1) is 6.42 Å². The Bertz CT molecular complexity index is 348. The maximum absolute atomic E-state index is 11.8. The third-order valence-electron chi connectivity index (χ3n) is 2.58. The van der Waals surface area contributed by atoms with E-state index >= 15 is 0 Å². The molecule has 0 amide bonds. The van der Waals surface area contributed by atoms with Crippen molar-refractivity contribution in [1.29, 1.82) is 5.26 Å². The molecule has 0 fully saturated rings. The van der Waals surface area contributed by atoms with Crippen LogP contribution in [0.5, 0.6) is 0 Å². The van der Waals surface area contributed by atoms with Crippen molar-refractivity contribution in [1.82, 2.24) is 0 Å². The van der Waals surface area contributed by atoms with Crippen LogP contribution in [-0.2, 0) is 9.53 Å². The Morgan fingerprint density at radius 1 is 1.37 bits per heavy atom. The fourth-order valence-electron chi connectivity index (χ4n) is 1.75. The number of ether oxygens (including phenoxy) is 1. The zero-order chi connectivity index (χ0) is 14.9. The second-order valence-corrected chi connectivity index (χ2v) is 5.70. The molecule has 0 heterocycles. The number of carbonyl (C=O) groups is 1. The van der Waals surface area contributed by atoms with Gasteiger partial charge in [-0.05, 0) is 39.5 Å². The summed E-state index contributed by atoms with van der Waals surface area (Å²) in [5.41, 5.74) is 0.100. The summed E-state index contributed by atoms with van der Waals surface area (Å²) in [7, 11) is 0. The molecular formula is C15H26N2O2. The van der Waals surface area contributed by atoms with E-state index in [2.05, 4.69) is 18.0 Å². The number of nitriles is 1. The van der Waals surface area contributed by atoms with Gasteiger partial charge < -0.3 is 4.74 Å². The van der Waals surface area contributed by atoms with Gasteiger partial charge in [-0.2, -0.15) is 5.26 Å². The maximum Gasteiger partial charge on any atom is 0.306 e. The molecule has 0 saturated carbocycles. The van der Waals surface area contributed by atoms with Crippen LogP contribution in [0.25, 0.3) is 0 Å². The molecule has 19 heavy (non-hydrogen) atoms. The number of esters is 1. The van der Waals surface area contributed by atoms with Crippen LogP contribution >= 0.6 is 0 Å². The number of hydrogen-bond donors (Lipinski definition) is 0. The molecule has 0 N–H and O–H groups in total. The molecule has 0 aliphatic rings. The van der Waals surface area contributed by atoms with Crippen LogP contribution < -0.4 is 0 Å². The molecule has 0 saturated heterocycles. The van der Waals surface area contributed by atoms with E-state index in [0.717, 1.165) is 12.8 Å². The highest BCUT2D eigenvalue weighted by Crippen LogP contribution is 2.16. The summed E-state index contributed by atoms with van der Waals surface area (Å²) in [6, 6.07) is 2.07. The zero-order valence-electron chi connectivity index (χ0n) is 12.8. The molecule has 0 rings (SSSR count). The number of aliphatic imine (C=N–C) groups is 1. The molecule has 0 aliphatic carbocycles. The fourth-order valence-corrected chi connectivity index (χ4v) is 1.75. The third-order valence-corrected chi connectivity index (χ3v) is 2.58. The van der Waals surface area contributed by atoms with Gasteiger partial charge in [0, 0.05) is 6.54 Å². The summed E-state index contributed by atoms with van der Waals surface area (Å²) in [5.74, 6) is -0.0223. The van der Waals surface area contributed by atoms with Crippen molar-refractivity contribution in [2.45, 2.75) is 65.9 Å². The van der Waals surface area contributed by atoms with Crippen molar-refractivity contribution in [2.75, 3.05) is 6.54 Å². The number of rotatable bonds is 7. The second-order valence-electron chi connectivity index (χ2n) is 5.70. The summed E-state index contributed by atoms with van der Waals surface area (Å²) in [4.78, 5) is 16.1. The molecule has 1 unspecified atom stereocenters. The van der Waals surface area contributed by atoms with E-state index in [1.54, 1.807) is 0 Å². The lowest BCUT2D eigenvalue weighted by Crippen LogP contribution is -2.26. The van der Waals surface area contributed by atoms with E-state index in [0.29, 0.717) is 25.1 Å². The quantitative estimate of drug-likeness (QED) is 0.523. The largest absolute Gasteiger partial charge is 0.460 e. The predicted molar refractivity (Wildman–Crippen MR) is 77.1 cm³/mol. The van der Waals surface area contributed by atoms with E-state index in [-0.39, 0.29) is 11.9 Å². The van der Waals surface area contributed by atoms with Gasteiger partial charge >= 0.3 is 5.97 Å². The van der Waals surface area contributed by atoms with Gasteiger partial charge in [0.25, 0.3) is 0 Å². The Balaban J connectivity index is 4.46. The van der Waals surface area contributed by atoms with E-state index in [1.807, 2.05) is 27.7 Å². The van der Waals surface area contributed by atoms with Gasteiger partial charge in [0.2, 0.25) is 0 Å². The molecule has 4 nitrogen and oxygen atoms in total. The van der Waals surface area contributed by atoms with Gasteiger partial charge in [0.15, 0.2) is 0 Å². The molecule has 0 bridgehead atoms. The summed E-state index contributed by atoms with van der Waals surface area (Å²) in [6.45, 7) is 10.1. The Hall–Kier alpha value is -1.37. The standard InChI is InChI=1S/C15H26N2O2/c1-6-8-12(11-17-13(7-2)10-16)9-14(18)19-15(3,4)5/h12H,6-9,11H2,1-5H3. The van der Waals surface area contributed by atoms with E-state index in [9.17, 15) is 4.79 Å². The zero-order valence-corrected chi connectivity index (χ0v) is 12.8. The third kappa shape index (κ3) is 9.24. The normalized spacial score (nSPS) is 13.8. The Labute approximate surface area is 116 Å². The Kier molecular flexibility index (Phi) is 8.06. The first kappa shape index (κ1) is 17.6. The van der Waals surface area contributed by atoms with Crippen LogP contribution in [0.2, 0.25) is 0 Å². The van der Waals surface area contributed by atoms with Crippen LogP contribution in [0.3, 0.4) is 0 Å². The summed E-state index contributed by atoms with van der Waals surface area (Å²) < 4.78 is 5.32. The SMILES string of the molecule is CCCC(CN=C(C#N)CC)CC(=O)OC(C)(C)C. The van der Waals surface area contributed by atoms with Crippen LogP contribution in [-0.4, -0.2) is 23.8 Å². The number of nitrogens with zero attached hydrogens (tertiary/aromatic N) is 2. The van der Waals surface area contributed by atoms with Crippen molar-refractivity contribution >= 4 is 11.7 Å². The first-order valence-electron chi connectivity index (χ1n) is 6.97. The monoisotopic (exact) mass is 266 g/mol. The maximum atomic E-state index is 11.8. The van der Waals surface area contributed by atoms with Crippen molar-refractivity contribution in [3.63, 3.8) is 0 Å². The number of carbonyl (C=O) groups excluding carboxylic acids is 1. The lowest BCUT2D eigenvalue weighted by atomic mass is 10.00. The van der Waals surface area contributed by atoms with Gasteiger partial charge in [-0.3, -0.25) is 9.79 Å². The lowest BCUT2D eigenvalue weighted by molar-refractivity contribution is -0.155. The van der Waals surface area contributed by atoms with Crippen molar-refractivity contribution < 1.29 is 9.53 Å². The van der Waals surface area contributed by atoms with Gasteiger partial charge in [-0.15, -0.1) is 0 Å². The molecular weight excluding hydrogens is 240 g/mol. The van der Waals surface area contributed by atoms with E-state index in [4.69, 9.17) is 10.00 Å². The Morgan fingerprint density at radius 3 is 2.42 bits per heavy atom. The van der Waals surface area contributed by atoms with Crippen LogP contribution in [0.1, 0.15) is 60.3 Å². The van der Waals surface area contributed by atoms with Crippen LogP contribution in [0.4, 0.5) is 0 Å². The molecule has 0 aromatic rings. The highest BCUT2D eigenvalue weighted by Gasteiger charge is 2.20. The highest BCUT2D eigenvalue weighted by atomic mass is 16.6. The summed E-state index contributed by atoms with van der Waals surface area (Å²) in [6.07, 6.45) is 2.93. The molecule has 4 heteroatoms. The second kappa shape index (κ2) is 8.68. The van der Waals surface area contributed by atoms with Crippen LogP contribution in [0, 0.1) is 17.2 Å². The fraction of sp³-hybridized carbons (Fsp3) is 0.800. The summed E-state index contributed by atoms with van der Waals surface area (Å²) >= 11 is 0. The van der Waals surface area contributed by atoms with Crippen molar-refractivity contribution in [2.24, 2.45) is 10.9 Å².